The van der Waals surface area contributed by atoms with Gasteiger partial charge in [0.2, 0.25) is 0 Å². The molecule has 144 valence electrons. The van der Waals surface area contributed by atoms with Crippen LogP contribution in [0.3, 0.4) is 0 Å². The summed E-state index contributed by atoms with van der Waals surface area (Å²) in [4.78, 5) is 6.50. The quantitative estimate of drug-likeness (QED) is 0.358. The van der Waals surface area contributed by atoms with E-state index in [1.165, 1.54) is 12.1 Å². The summed E-state index contributed by atoms with van der Waals surface area (Å²) < 4.78 is 38.2. The van der Waals surface area contributed by atoms with E-state index >= 15 is 0 Å². The van der Waals surface area contributed by atoms with Gasteiger partial charge in [-0.25, -0.2) is 0 Å². The van der Waals surface area contributed by atoms with Crippen molar-refractivity contribution in [1.82, 2.24) is 10.2 Å². The summed E-state index contributed by atoms with van der Waals surface area (Å²) in [5.74, 6) is 0.342. The Labute approximate surface area is 165 Å². The van der Waals surface area contributed by atoms with Crippen LogP contribution in [0, 0.1) is 0 Å². The van der Waals surface area contributed by atoms with Crippen molar-refractivity contribution in [3.05, 3.63) is 35.4 Å². The lowest BCUT2D eigenvalue weighted by Crippen LogP contribution is -2.38. The molecule has 0 saturated carbocycles. The lowest BCUT2D eigenvalue weighted by molar-refractivity contribution is -0.137. The number of halogens is 4. The first-order valence-corrected chi connectivity index (χ1v) is 8.16. The molecular formula is C17H28F3IN4. The van der Waals surface area contributed by atoms with Gasteiger partial charge in [-0.15, -0.1) is 24.0 Å². The van der Waals surface area contributed by atoms with Gasteiger partial charge in [0.1, 0.15) is 0 Å². The van der Waals surface area contributed by atoms with Gasteiger partial charge in [0, 0.05) is 6.04 Å². The zero-order chi connectivity index (χ0) is 18.3. The number of likely N-dealkylation sites (N-methyl/N-ethyl adjacent to an activating group) is 1. The Balaban J connectivity index is 0.00000576. The van der Waals surface area contributed by atoms with Gasteiger partial charge in [-0.05, 0) is 44.6 Å². The summed E-state index contributed by atoms with van der Waals surface area (Å²) in [5.41, 5.74) is 5.99. The summed E-state index contributed by atoms with van der Waals surface area (Å²) in [6.07, 6.45) is -4.33. The molecule has 1 atom stereocenters. The number of nitrogens with one attached hydrogen (secondary N) is 1. The predicted molar refractivity (Wildman–Crippen MR) is 107 cm³/mol. The molecule has 3 N–H and O–H groups in total. The van der Waals surface area contributed by atoms with Gasteiger partial charge in [0.05, 0.1) is 18.2 Å². The van der Waals surface area contributed by atoms with Crippen molar-refractivity contribution in [2.24, 2.45) is 10.7 Å². The molecule has 25 heavy (non-hydrogen) atoms. The summed E-state index contributed by atoms with van der Waals surface area (Å²) >= 11 is 0. The van der Waals surface area contributed by atoms with Crippen LogP contribution in [0.15, 0.2) is 29.3 Å². The second kappa shape index (κ2) is 10.8. The lowest BCUT2D eigenvalue weighted by atomic mass is 10.0. The van der Waals surface area contributed by atoms with Crippen LogP contribution in [-0.4, -0.2) is 36.5 Å². The largest absolute Gasteiger partial charge is 0.416 e. The maximum Gasteiger partial charge on any atom is 0.416 e. The van der Waals surface area contributed by atoms with Crippen molar-refractivity contribution in [3.63, 3.8) is 0 Å². The highest BCUT2D eigenvalue weighted by molar-refractivity contribution is 14.0. The summed E-state index contributed by atoms with van der Waals surface area (Å²) in [5, 5.41) is 3.01. The Morgan fingerprint density at radius 2 is 1.68 bits per heavy atom. The van der Waals surface area contributed by atoms with E-state index in [2.05, 4.69) is 15.2 Å². The molecule has 8 heteroatoms. The van der Waals surface area contributed by atoms with Crippen LogP contribution in [0.4, 0.5) is 13.2 Å². The zero-order valence-electron chi connectivity index (χ0n) is 15.1. The average Bonchev–Trinajstić information content (AvgIpc) is 2.50. The SMILES string of the molecule is CCN(CC)C(CN=C(N)NC(C)C)c1ccc(C(F)(F)F)cc1.I. The number of nitrogens with zero attached hydrogens (tertiary/aromatic N) is 2. The summed E-state index contributed by atoms with van der Waals surface area (Å²) in [7, 11) is 0. The molecule has 0 amide bonds. The molecule has 0 bridgehead atoms. The van der Waals surface area contributed by atoms with E-state index in [1.807, 2.05) is 27.7 Å². The van der Waals surface area contributed by atoms with Crippen molar-refractivity contribution in [2.75, 3.05) is 19.6 Å². The van der Waals surface area contributed by atoms with E-state index in [4.69, 9.17) is 5.73 Å². The first kappa shape index (κ1) is 24.0. The van der Waals surface area contributed by atoms with Crippen LogP contribution < -0.4 is 11.1 Å². The summed E-state index contributed by atoms with van der Waals surface area (Å²) in [6, 6.07) is 5.33. The number of hydrogen-bond acceptors (Lipinski definition) is 2. The number of benzene rings is 1. The number of aliphatic imine (C=N–C) groups is 1. The van der Waals surface area contributed by atoms with Crippen LogP contribution >= 0.6 is 24.0 Å². The molecular weight excluding hydrogens is 444 g/mol. The topological polar surface area (TPSA) is 53.6 Å². The van der Waals surface area contributed by atoms with E-state index in [9.17, 15) is 13.2 Å². The zero-order valence-corrected chi connectivity index (χ0v) is 17.4. The Kier molecular flexibility index (Phi) is 10.4. The minimum atomic E-state index is -4.33. The van der Waals surface area contributed by atoms with Gasteiger partial charge in [-0.1, -0.05) is 26.0 Å². The molecule has 1 aromatic carbocycles. The van der Waals surface area contributed by atoms with Gasteiger partial charge in [0.25, 0.3) is 0 Å². The monoisotopic (exact) mass is 472 g/mol. The van der Waals surface area contributed by atoms with E-state index in [1.54, 1.807) is 0 Å². The Hall–Kier alpha value is -1.03. The van der Waals surface area contributed by atoms with Crippen LogP contribution in [0.2, 0.25) is 0 Å². The van der Waals surface area contributed by atoms with Gasteiger partial charge < -0.3 is 11.1 Å². The lowest BCUT2D eigenvalue weighted by Gasteiger charge is -2.29. The fourth-order valence-corrected chi connectivity index (χ4v) is 2.52. The standard InChI is InChI=1S/C17H27F3N4.HI/c1-5-24(6-2)15(11-22-16(21)23-12(3)4)13-7-9-14(10-8-13)17(18,19)20;/h7-10,12,15H,5-6,11H2,1-4H3,(H3,21,22,23);1H. The molecule has 1 rings (SSSR count). The van der Waals surface area contributed by atoms with Gasteiger partial charge in [-0.3, -0.25) is 9.89 Å². The van der Waals surface area contributed by atoms with Crippen molar-refractivity contribution in [1.29, 1.82) is 0 Å². The molecule has 0 aliphatic heterocycles. The van der Waals surface area contributed by atoms with Crippen molar-refractivity contribution in [2.45, 2.75) is 46.0 Å². The van der Waals surface area contributed by atoms with Crippen molar-refractivity contribution < 1.29 is 13.2 Å². The number of alkyl halides is 3. The Morgan fingerprint density at radius 1 is 1.16 bits per heavy atom. The average molecular weight is 472 g/mol. The van der Waals surface area contributed by atoms with Gasteiger partial charge in [-0.2, -0.15) is 13.2 Å². The minimum Gasteiger partial charge on any atom is -0.370 e. The van der Waals surface area contributed by atoms with Crippen molar-refractivity contribution in [3.8, 4) is 0 Å². The maximum atomic E-state index is 12.7. The second-order valence-electron chi connectivity index (χ2n) is 5.88. The molecule has 0 spiro atoms. The molecule has 0 heterocycles. The number of guanidine groups is 1. The van der Waals surface area contributed by atoms with Gasteiger partial charge >= 0.3 is 6.18 Å². The molecule has 0 fully saturated rings. The van der Waals surface area contributed by atoms with Crippen molar-refractivity contribution >= 4 is 29.9 Å². The molecule has 0 radical (unpaired) electrons. The first-order chi connectivity index (χ1) is 11.2. The molecule has 0 saturated heterocycles. The maximum absolute atomic E-state index is 12.7. The highest BCUT2D eigenvalue weighted by Crippen LogP contribution is 2.30. The van der Waals surface area contributed by atoms with E-state index in [0.29, 0.717) is 12.5 Å². The third-order valence-electron chi connectivity index (χ3n) is 3.75. The fourth-order valence-electron chi connectivity index (χ4n) is 2.52. The minimum absolute atomic E-state index is 0. The fraction of sp³-hybridized carbons (Fsp3) is 0.588. The van der Waals surface area contributed by atoms with Crippen LogP contribution in [0.1, 0.15) is 44.9 Å². The molecule has 1 unspecified atom stereocenters. The Bertz CT molecular complexity index is 526. The summed E-state index contributed by atoms with van der Waals surface area (Å²) in [6.45, 7) is 9.88. The molecule has 1 aromatic rings. The number of hydrogen-bond donors (Lipinski definition) is 2. The normalized spacial score (nSPS) is 13.7. The Morgan fingerprint density at radius 3 is 2.08 bits per heavy atom. The number of rotatable bonds is 7. The molecule has 0 aliphatic carbocycles. The predicted octanol–water partition coefficient (Wildman–Crippen LogP) is 4.02. The van der Waals surface area contributed by atoms with E-state index in [-0.39, 0.29) is 36.1 Å². The molecule has 4 nitrogen and oxygen atoms in total. The first-order valence-electron chi connectivity index (χ1n) is 8.16. The van der Waals surface area contributed by atoms with Crippen LogP contribution in [0.25, 0.3) is 0 Å². The van der Waals surface area contributed by atoms with Crippen LogP contribution in [0.5, 0.6) is 0 Å². The highest BCUT2D eigenvalue weighted by atomic mass is 127. The van der Waals surface area contributed by atoms with E-state index < -0.39 is 11.7 Å². The third-order valence-corrected chi connectivity index (χ3v) is 3.75. The molecule has 0 aromatic heterocycles. The highest BCUT2D eigenvalue weighted by Gasteiger charge is 2.30. The molecule has 0 aliphatic rings. The third kappa shape index (κ3) is 7.81. The van der Waals surface area contributed by atoms with Gasteiger partial charge in [0.15, 0.2) is 5.96 Å². The smallest absolute Gasteiger partial charge is 0.370 e. The second-order valence-corrected chi connectivity index (χ2v) is 5.88. The van der Waals surface area contributed by atoms with Crippen LogP contribution in [-0.2, 0) is 6.18 Å². The van der Waals surface area contributed by atoms with E-state index in [0.717, 1.165) is 30.8 Å². The number of nitrogens with two attached hydrogens (primary N) is 1.